The monoisotopic (exact) mass is 348 g/mol. The van der Waals surface area contributed by atoms with Crippen molar-refractivity contribution in [2.24, 2.45) is 0 Å². The Hall–Kier alpha value is -2.66. The van der Waals surface area contributed by atoms with E-state index in [-0.39, 0.29) is 5.63 Å². The molecule has 2 aromatic heterocycles. The molecular formula is C21H20N2O3. The Labute approximate surface area is 151 Å². The summed E-state index contributed by atoms with van der Waals surface area (Å²) in [5.74, 6) is 0.818. The molecular weight excluding hydrogens is 328 g/mol. The number of fused-ring (bicyclic) bond motifs is 5. The van der Waals surface area contributed by atoms with E-state index in [1.54, 1.807) is 6.20 Å². The highest BCUT2D eigenvalue weighted by Gasteiger charge is 2.25. The summed E-state index contributed by atoms with van der Waals surface area (Å²) in [5.41, 5.74) is 4.68. The van der Waals surface area contributed by atoms with E-state index in [0.29, 0.717) is 18.9 Å². The molecule has 2 aliphatic rings. The first kappa shape index (κ1) is 15.6. The van der Waals surface area contributed by atoms with Gasteiger partial charge in [-0.3, -0.25) is 9.88 Å². The summed E-state index contributed by atoms with van der Waals surface area (Å²) in [6.07, 6.45) is 7.62. The Morgan fingerprint density at radius 2 is 1.96 bits per heavy atom. The van der Waals surface area contributed by atoms with Crippen LogP contribution in [0.3, 0.4) is 0 Å². The van der Waals surface area contributed by atoms with Gasteiger partial charge in [-0.05, 0) is 55.0 Å². The smallest absolute Gasteiger partial charge is 0.339 e. The molecule has 0 radical (unpaired) electrons. The summed E-state index contributed by atoms with van der Waals surface area (Å²) in [6, 6.07) is 8.07. The van der Waals surface area contributed by atoms with Gasteiger partial charge in [0.2, 0.25) is 0 Å². The second kappa shape index (κ2) is 6.25. The van der Waals surface area contributed by atoms with Crippen LogP contribution in [0.2, 0.25) is 0 Å². The van der Waals surface area contributed by atoms with Gasteiger partial charge in [-0.25, -0.2) is 4.79 Å². The van der Waals surface area contributed by atoms with Crippen LogP contribution >= 0.6 is 0 Å². The maximum absolute atomic E-state index is 12.5. The van der Waals surface area contributed by atoms with Crippen LogP contribution in [0.1, 0.15) is 35.1 Å². The SMILES string of the molecule is O=c1oc2c3c(ccc2c2c1CCCC2)OCN(Cc1cccnc1)C3. The molecule has 1 aromatic carbocycles. The Bertz CT molecular complexity index is 1030. The number of aromatic nitrogens is 1. The van der Waals surface area contributed by atoms with Crippen molar-refractivity contribution in [3.63, 3.8) is 0 Å². The van der Waals surface area contributed by atoms with Crippen LogP contribution in [0.25, 0.3) is 11.0 Å². The molecule has 0 fully saturated rings. The predicted octanol–water partition coefficient (Wildman–Crippen LogP) is 3.42. The highest BCUT2D eigenvalue weighted by molar-refractivity contribution is 5.86. The Morgan fingerprint density at radius 1 is 1.08 bits per heavy atom. The molecule has 3 heterocycles. The second-order valence-corrected chi connectivity index (χ2v) is 7.09. The Kier molecular flexibility index (Phi) is 3.75. The average Bonchev–Trinajstić information content (AvgIpc) is 2.69. The van der Waals surface area contributed by atoms with Crippen molar-refractivity contribution in [1.82, 2.24) is 9.88 Å². The summed E-state index contributed by atoms with van der Waals surface area (Å²) in [4.78, 5) is 18.9. The van der Waals surface area contributed by atoms with Crippen molar-refractivity contribution in [2.75, 3.05) is 6.73 Å². The van der Waals surface area contributed by atoms with Gasteiger partial charge in [0.25, 0.3) is 0 Å². The van der Waals surface area contributed by atoms with E-state index in [2.05, 4.69) is 22.0 Å². The van der Waals surface area contributed by atoms with Crippen molar-refractivity contribution in [2.45, 2.75) is 38.8 Å². The number of rotatable bonds is 2. The van der Waals surface area contributed by atoms with Crippen molar-refractivity contribution in [3.8, 4) is 5.75 Å². The number of benzene rings is 1. The molecule has 1 aliphatic carbocycles. The second-order valence-electron chi connectivity index (χ2n) is 7.09. The molecule has 0 spiro atoms. The highest BCUT2D eigenvalue weighted by Crippen LogP contribution is 2.35. The van der Waals surface area contributed by atoms with E-state index in [9.17, 15) is 4.79 Å². The van der Waals surface area contributed by atoms with Crippen LogP contribution < -0.4 is 10.4 Å². The van der Waals surface area contributed by atoms with Gasteiger partial charge in [-0.15, -0.1) is 0 Å². The lowest BCUT2D eigenvalue weighted by atomic mass is 9.90. The third-order valence-electron chi connectivity index (χ3n) is 5.36. The molecule has 5 heteroatoms. The minimum atomic E-state index is -0.176. The van der Waals surface area contributed by atoms with Gasteiger partial charge in [0.1, 0.15) is 18.1 Å². The molecule has 5 nitrogen and oxygen atoms in total. The lowest BCUT2D eigenvalue weighted by Crippen LogP contribution is -2.32. The number of hydrogen-bond donors (Lipinski definition) is 0. The maximum atomic E-state index is 12.5. The van der Waals surface area contributed by atoms with E-state index in [4.69, 9.17) is 9.15 Å². The lowest BCUT2D eigenvalue weighted by Gasteiger charge is -2.29. The van der Waals surface area contributed by atoms with Gasteiger partial charge in [-0.2, -0.15) is 0 Å². The van der Waals surface area contributed by atoms with Crippen molar-refractivity contribution in [3.05, 3.63) is 69.3 Å². The van der Waals surface area contributed by atoms with E-state index in [0.717, 1.165) is 60.1 Å². The van der Waals surface area contributed by atoms with E-state index < -0.39 is 0 Å². The lowest BCUT2D eigenvalue weighted by molar-refractivity contribution is 0.0888. The zero-order valence-electron chi connectivity index (χ0n) is 14.5. The molecule has 0 N–H and O–H groups in total. The van der Waals surface area contributed by atoms with Crippen molar-refractivity contribution >= 4 is 11.0 Å². The molecule has 5 rings (SSSR count). The van der Waals surface area contributed by atoms with E-state index >= 15 is 0 Å². The number of aryl methyl sites for hydroxylation is 1. The zero-order valence-corrected chi connectivity index (χ0v) is 14.5. The summed E-state index contributed by atoms with van der Waals surface area (Å²) in [5, 5.41) is 1.07. The summed E-state index contributed by atoms with van der Waals surface area (Å²) < 4.78 is 11.7. The fourth-order valence-corrected chi connectivity index (χ4v) is 4.11. The first-order chi connectivity index (χ1) is 12.8. The topological polar surface area (TPSA) is 55.6 Å². The Morgan fingerprint density at radius 3 is 2.81 bits per heavy atom. The number of ether oxygens (including phenoxy) is 1. The molecule has 26 heavy (non-hydrogen) atoms. The van der Waals surface area contributed by atoms with Gasteiger partial charge < -0.3 is 9.15 Å². The first-order valence-electron chi connectivity index (χ1n) is 9.14. The van der Waals surface area contributed by atoms with Crippen LogP contribution in [0.15, 0.2) is 45.9 Å². The van der Waals surface area contributed by atoms with E-state index in [1.165, 1.54) is 5.56 Å². The maximum Gasteiger partial charge on any atom is 0.339 e. The normalized spacial score (nSPS) is 16.8. The number of pyridine rings is 1. The molecule has 0 saturated heterocycles. The summed E-state index contributed by atoms with van der Waals surface area (Å²) in [6.45, 7) is 1.96. The third kappa shape index (κ3) is 2.59. The van der Waals surface area contributed by atoms with Gasteiger partial charge in [0, 0.05) is 36.4 Å². The quantitative estimate of drug-likeness (QED) is 0.664. The van der Waals surface area contributed by atoms with Crippen molar-refractivity contribution < 1.29 is 9.15 Å². The van der Waals surface area contributed by atoms with Gasteiger partial charge in [-0.1, -0.05) is 6.07 Å². The fraction of sp³-hybridized carbons (Fsp3) is 0.333. The van der Waals surface area contributed by atoms with E-state index in [1.807, 2.05) is 18.3 Å². The molecule has 0 saturated carbocycles. The minimum absolute atomic E-state index is 0.176. The summed E-state index contributed by atoms with van der Waals surface area (Å²) in [7, 11) is 0. The van der Waals surface area contributed by atoms with Gasteiger partial charge in [0.05, 0.1) is 5.56 Å². The molecule has 0 bridgehead atoms. The molecule has 0 unspecified atom stereocenters. The fourth-order valence-electron chi connectivity index (χ4n) is 4.11. The number of hydrogen-bond acceptors (Lipinski definition) is 5. The van der Waals surface area contributed by atoms with Crippen LogP contribution in [-0.2, 0) is 25.9 Å². The first-order valence-corrected chi connectivity index (χ1v) is 9.14. The predicted molar refractivity (Wildman–Crippen MR) is 98.1 cm³/mol. The molecule has 0 atom stereocenters. The van der Waals surface area contributed by atoms with Crippen molar-refractivity contribution in [1.29, 1.82) is 0 Å². The molecule has 3 aromatic rings. The third-order valence-corrected chi connectivity index (χ3v) is 5.36. The largest absolute Gasteiger partial charge is 0.478 e. The minimum Gasteiger partial charge on any atom is -0.478 e. The zero-order chi connectivity index (χ0) is 17.5. The molecule has 132 valence electrons. The highest BCUT2D eigenvalue weighted by atomic mass is 16.5. The Balaban J connectivity index is 1.57. The molecule has 1 aliphatic heterocycles. The van der Waals surface area contributed by atoms with Gasteiger partial charge in [0.15, 0.2) is 0 Å². The standard InChI is InChI=1S/C21H20N2O3/c24-21-17-6-2-1-5-15(17)16-7-8-19-18(20(16)26-21)12-23(13-25-19)11-14-4-3-9-22-10-14/h3-4,7-10H,1-2,5-6,11-13H2. The average molecular weight is 348 g/mol. The van der Waals surface area contributed by atoms with Crippen LogP contribution in [0.4, 0.5) is 0 Å². The summed E-state index contributed by atoms with van der Waals surface area (Å²) >= 11 is 0. The van der Waals surface area contributed by atoms with Gasteiger partial charge >= 0.3 is 5.63 Å². The molecule has 0 amide bonds. The van der Waals surface area contributed by atoms with Crippen LogP contribution in [0, 0.1) is 0 Å². The van der Waals surface area contributed by atoms with Crippen LogP contribution in [-0.4, -0.2) is 16.6 Å². The number of nitrogens with zero attached hydrogens (tertiary/aromatic N) is 2. The van der Waals surface area contributed by atoms with Crippen LogP contribution in [0.5, 0.6) is 5.75 Å².